The Kier molecular flexibility index (Phi) is 5.56. The van der Waals surface area contributed by atoms with Crippen molar-refractivity contribution in [2.45, 2.75) is 50.7 Å². The van der Waals surface area contributed by atoms with Gasteiger partial charge in [-0.3, -0.25) is 4.79 Å². The number of nitrogens with zero attached hydrogens (tertiary/aromatic N) is 1. The van der Waals surface area contributed by atoms with E-state index in [1.165, 1.54) is 25.0 Å². The number of aromatic carboxylic acids is 1. The monoisotopic (exact) mass is 395 g/mol. The molecular formula is C18H22BrNO4. The Morgan fingerprint density at radius 3 is 2.21 bits per heavy atom. The summed E-state index contributed by atoms with van der Waals surface area (Å²) in [6, 6.07) is 4.62. The van der Waals surface area contributed by atoms with E-state index < -0.39 is 5.97 Å². The van der Waals surface area contributed by atoms with Gasteiger partial charge in [-0.05, 0) is 43.9 Å². The fraction of sp³-hybridized carbons (Fsp3) is 0.556. The summed E-state index contributed by atoms with van der Waals surface area (Å²) in [5.74, 6) is -1.15. The zero-order valence-electron chi connectivity index (χ0n) is 13.5. The van der Waals surface area contributed by atoms with Crippen LogP contribution in [0.2, 0.25) is 0 Å². The number of carboxylic acids is 1. The standard InChI is InChI=1S/C18H22BrNO4/c19-14-10-12(9-13(11-14)18(22)23)17(21)20-7-5-16(6-8-20)24-15-3-1-2-4-15/h9-11,15-16H,1-8H2,(H,22,23). The zero-order valence-corrected chi connectivity index (χ0v) is 15.1. The lowest BCUT2D eigenvalue weighted by Crippen LogP contribution is -2.41. The molecule has 0 bridgehead atoms. The van der Waals surface area contributed by atoms with Crippen LogP contribution in [0, 0.1) is 0 Å². The highest BCUT2D eigenvalue weighted by atomic mass is 79.9. The Balaban J connectivity index is 1.59. The van der Waals surface area contributed by atoms with Crippen molar-refractivity contribution in [1.29, 1.82) is 0 Å². The third-order valence-electron chi connectivity index (χ3n) is 4.81. The number of benzene rings is 1. The van der Waals surface area contributed by atoms with Crippen LogP contribution in [0.1, 0.15) is 59.2 Å². The average molecular weight is 396 g/mol. The van der Waals surface area contributed by atoms with E-state index in [-0.39, 0.29) is 17.6 Å². The molecule has 6 heteroatoms. The highest BCUT2D eigenvalue weighted by Gasteiger charge is 2.27. The van der Waals surface area contributed by atoms with Gasteiger partial charge in [0.05, 0.1) is 17.8 Å². The second kappa shape index (κ2) is 7.66. The van der Waals surface area contributed by atoms with Gasteiger partial charge in [-0.2, -0.15) is 0 Å². The lowest BCUT2D eigenvalue weighted by Gasteiger charge is -2.33. The van der Waals surface area contributed by atoms with Crippen LogP contribution in [-0.4, -0.2) is 47.2 Å². The lowest BCUT2D eigenvalue weighted by molar-refractivity contribution is -0.0357. The largest absolute Gasteiger partial charge is 0.478 e. The van der Waals surface area contributed by atoms with E-state index in [1.54, 1.807) is 11.0 Å². The number of ether oxygens (including phenoxy) is 1. The Morgan fingerprint density at radius 1 is 1.00 bits per heavy atom. The molecule has 0 unspecified atom stereocenters. The van der Waals surface area contributed by atoms with E-state index in [1.807, 2.05) is 0 Å². The molecule has 2 fully saturated rings. The molecule has 130 valence electrons. The van der Waals surface area contributed by atoms with Crippen LogP contribution in [0.3, 0.4) is 0 Å². The molecule has 1 saturated heterocycles. The number of hydrogen-bond acceptors (Lipinski definition) is 3. The van der Waals surface area contributed by atoms with Crippen molar-refractivity contribution in [3.05, 3.63) is 33.8 Å². The summed E-state index contributed by atoms with van der Waals surface area (Å²) in [4.78, 5) is 25.6. The molecule has 2 aliphatic rings. The molecule has 1 aromatic carbocycles. The molecule has 1 aromatic rings. The molecule has 1 aliphatic heterocycles. The molecule has 0 radical (unpaired) electrons. The fourth-order valence-corrected chi connectivity index (χ4v) is 4.00. The highest BCUT2D eigenvalue weighted by molar-refractivity contribution is 9.10. The molecule has 0 aromatic heterocycles. The van der Waals surface area contributed by atoms with Crippen molar-refractivity contribution in [3.8, 4) is 0 Å². The number of carbonyl (C=O) groups is 2. The number of rotatable bonds is 4. The Morgan fingerprint density at radius 2 is 1.58 bits per heavy atom. The van der Waals surface area contributed by atoms with Gasteiger partial charge >= 0.3 is 5.97 Å². The maximum absolute atomic E-state index is 12.6. The van der Waals surface area contributed by atoms with Crippen LogP contribution in [0.15, 0.2) is 22.7 Å². The maximum atomic E-state index is 12.6. The number of carboxylic acid groups (broad SMARTS) is 1. The summed E-state index contributed by atoms with van der Waals surface area (Å²) in [6.45, 7) is 1.32. The second-order valence-corrected chi connectivity index (χ2v) is 7.48. The van der Waals surface area contributed by atoms with Gasteiger partial charge in [0, 0.05) is 23.1 Å². The minimum absolute atomic E-state index is 0.113. The SMILES string of the molecule is O=C(O)c1cc(Br)cc(C(=O)N2CCC(OC3CCCC3)CC2)c1. The molecule has 0 atom stereocenters. The first kappa shape index (κ1) is 17.4. The smallest absolute Gasteiger partial charge is 0.335 e. The zero-order chi connectivity index (χ0) is 17.1. The van der Waals surface area contributed by atoms with E-state index in [0.29, 0.717) is 29.2 Å². The third-order valence-corrected chi connectivity index (χ3v) is 5.27. The van der Waals surface area contributed by atoms with E-state index >= 15 is 0 Å². The highest BCUT2D eigenvalue weighted by Crippen LogP contribution is 2.26. The number of amides is 1. The first-order valence-electron chi connectivity index (χ1n) is 8.51. The number of carbonyl (C=O) groups excluding carboxylic acids is 1. The van der Waals surface area contributed by atoms with Crippen LogP contribution < -0.4 is 0 Å². The molecule has 1 amide bonds. The quantitative estimate of drug-likeness (QED) is 0.843. The normalized spacial score (nSPS) is 19.6. The summed E-state index contributed by atoms with van der Waals surface area (Å²) in [5, 5.41) is 9.13. The van der Waals surface area contributed by atoms with Crippen molar-refractivity contribution >= 4 is 27.8 Å². The van der Waals surface area contributed by atoms with Gasteiger partial charge in [-0.25, -0.2) is 4.79 Å². The summed E-state index contributed by atoms with van der Waals surface area (Å²) in [5.41, 5.74) is 0.532. The van der Waals surface area contributed by atoms with Gasteiger partial charge in [-0.15, -0.1) is 0 Å². The molecule has 1 aliphatic carbocycles. The Hall–Kier alpha value is -1.40. The van der Waals surface area contributed by atoms with Crippen LogP contribution >= 0.6 is 15.9 Å². The first-order chi connectivity index (χ1) is 11.5. The predicted molar refractivity (Wildman–Crippen MR) is 93.4 cm³/mol. The van der Waals surface area contributed by atoms with E-state index in [0.717, 1.165) is 25.7 Å². The molecule has 1 saturated carbocycles. The fourth-order valence-electron chi connectivity index (χ4n) is 3.51. The molecule has 24 heavy (non-hydrogen) atoms. The molecule has 3 rings (SSSR count). The van der Waals surface area contributed by atoms with Gasteiger partial charge < -0.3 is 14.7 Å². The minimum atomic E-state index is -1.03. The predicted octanol–water partition coefficient (Wildman–Crippen LogP) is 3.71. The van der Waals surface area contributed by atoms with Gasteiger partial charge in [0.1, 0.15) is 0 Å². The Bertz CT molecular complexity index is 619. The molecular weight excluding hydrogens is 374 g/mol. The van der Waals surface area contributed by atoms with E-state index in [2.05, 4.69) is 15.9 Å². The maximum Gasteiger partial charge on any atom is 0.335 e. The van der Waals surface area contributed by atoms with E-state index in [9.17, 15) is 9.59 Å². The van der Waals surface area contributed by atoms with E-state index in [4.69, 9.17) is 9.84 Å². The van der Waals surface area contributed by atoms with Crippen LogP contribution in [0.5, 0.6) is 0 Å². The topological polar surface area (TPSA) is 66.8 Å². The molecule has 0 spiro atoms. The Labute approximate surface area is 150 Å². The molecule has 5 nitrogen and oxygen atoms in total. The van der Waals surface area contributed by atoms with Gasteiger partial charge in [0.15, 0.2) is 0 Å². The summed E-state index contributed by atoms with van der Waals surface area (Å²) >= 11 is 3.28. The molecule has 1 heterocycles. The van der Waals surface area contributed by atoms with Crippen molar-refractivity contribution in [3.63, 3.8) is 0 Å². The van der Waals surface area contributed by atoms with Crippen LogP contribution in [0.25, 0.3) is 0 Å². The van der Waals surface area contributed by atoms with Crippen LogP contribution in [0.4, 0.5) is 0 Å². The summed E-state index contributed by atoms with van der Waals surface area (Å²) < 4.78 is 6.73. The summed E-state index contributed by atoms with van der Waals surface area (Å²) in [7, 11) is 0. The molecule has 1 N–H and O–H groups in total. The van der Waals surface area contributed by atoms with Crippen molar-refractivity contribution < 1.29 is 19.4 Å². The van der Waals surface area contributed by atoms with Crippen molar-refractivity contribution in [2.24, 2.45) is 0 Å². The lowest BCUT2D eigenvalue weighted by atomic mass is 10.0. The second-order valence-electron chi connectivity index (χ2n) is 6.57. The average Bonchev–Trinajstić information content (AvgIpc) is 3.07. The number of likely N-dealkylation sites (tertiary alicyclic amines) is 1. The van der Waals surface area contributed by atoms with Gasteiger partial charge in [-0.1, -0.05) is 28.8 Å². The van der Waals surface area contributed by atoms with Gasteiger partial charge in [0.2, 0.25) is 0 Å². The number of piperidine rings is 1. The van der Waals surface area contributed by atoms with Gasteiger partial charge in [0.25, 0.3) is 5.91 Å². The first-order valence-corrected chi connectivity index (χ1v) is 9.31. The number of halogens is 1. The number of hydrogen-bond donors (Lipinski definition) is 1. The van der Waals surface area contributed by atoms with Crippen molar-refractivity contribution in [1.82, 2.24) is 4.90 Å². The minimum Gasteiger partial charge on any atom is -0.478 e. The van der Waals surface area contributed by atoms with Crippen LogP contribution in [-0.2, 0) is 4.74 Å². The van der Waals surface area contributed by atoms with Crippen molar-refractivity contribution in [2.75, 3.05) is 13.1 Å². The third kappa shape index (κ3) is 4.16. The summed E-state index contributed by atoms with van der Waals surface area (Å²) in [6.07, 6.45) is 7.19.